The zero-order valence-electron chi connectivity index (χ0n) is 2.64. The van der Waals surface area contributed by atoms with Crippen molar-refractivity contribution < 1.29 is 37.8 Å². The van der Waals surface area contributed by atoms with Gasteiger partial charge < -0.3 is 14.7 Å². The standard InChI is InChI=1S/Al.H3O4P.H4Si.V.3H/c;1-5(2,3)4;;;;;/h;(H3,1,2,3,4);1H4;;;;. The molecule has 0 aromatic carbocycles. The molecule has 0 spiro atoms. The third-order valence-electron chi connectivity index (χ3n) is 0. The van der Waals surface area contributed by atoms with Gasteiger partial charge in [-0.15, -0.1) is 0 Å². The third-order valence-corrected chi connectivity index (χ3v) is 0. The van der Waals surface area contributed by atoms with Gasteiger partial charge in [0.15, 0.2) is 17.4 Å². The van der Waals surface area contributed by atoms with Crippen molar-refractivity contribution in [2.45, 2.75) is 0 Å². The van der Waals surface area contributed by atoms with E-state index in [-0.39, 0.29) is 46.9 Å². The summed E-state index contributed by atoms with van der Waals surface area (Å²) in [5.41, 5.74) is 0. The summed E-state index contributed by atoms with van der Waals surface area (Å²) in [6.07, 6.45) is 0. The molecule has 1 radical (unpaired) electrons. The first-order valence-corrected chi connectivity index (χ1v) is 2.35. The molecule has 0 aliphatic heterocycles. The van der Waals surface area contributed by atoms with Gasteiger partial charge in [-0.2, -0.15) is 0 Å². The normalized spacial score (nSPS) is 7.38. The number of phosphoric acid groups is 1. The molecule has 0 atom stereocenters. The monoisotopic (exact) mass is 211 g/mol. The maximum atomic E-state index is 8.88. The predicted octanol–water partition coefficient (Wildman–Crippen LogP) is -3.57. The summed E-state index contributed by atoms with van der Waals surface area (Å²) < 4.78 is 8.88. The Morgan fingerprint density at radius 1 is 1.12 bits per heavy atom. The Morgan fingerprint density at radius 3 is 1.12 bits per heavy atom. The predicted molar refractivity (Wildman–Crippen MR) is 35.5 cm³/mol. The van der Waals surface area contributed by atoms with E-state index >= 15 is 0 Å². The first-order chi connectivity index (χ1) is 2.00. The minimum absolute atomic E-state index is 0. The zero-order valence-corrected chi connectivity index (χ0v) is 4.94. The van der Waals surface area contributed by atoms with Crippen molar-refractivity contribution in [3.63, 3.8) is 0 Å². The van der Waals surface area contributed by atoms with Crippen LogP contribution in [0.4, 0.5) is 0 Å². The minimum Gasteiger partial charge on any atom is -0.303 e. The summed E-state index contributed by atoms with van der Waals surface area (Å²) in [4.78, 5) is 21.6. The van der Waals surface area contributed by atoms with Crippen molar-refractivity contribution in [2.24, 2.45) is 0 Å². The minimum atomic E-state index is -4.64. The van der Waals surface area contributed by atoms with Gasteiger partial charge in [-0.1, -0.05) is 0 Å². The van der Waals surface area contributed by atoms with Crippen LogP contribution in [0.1, 0.15) is 0 Å². The van der Waals surface area contributed by atoms with Crippen LogP contribution in [0.25, 0.3) is 0 Å². The summed E-state index contributed by atoms with van der Waals surface area (Å²) in [6.45, 7) is 0. The molecule has 0 amide bonds. The van der Waals surface area contributed by atoms with Gasteiger partial charge in [-0.25, -0.2) is 4.57 Å². The quantitative estimate of drug-likeness (QED) is 0.286. The van der Waals surface area contributed by atoms with Gasteiger partial charge in [0.25, 0.3) is 0 Å². The molecule has 0 saturated carbocycles. The van der Waals surface area contributed by atoms with Crippen molar-refractivity contribution in [3.05, 3.63) is 0 Å². The molecule has 4 nitrogen and oxygen atoms in total. The Labute approximate surface area is 74.0 Å². The molecule has 0 aromatic heterocycles. The van der Waals surface area contributed by atoms with E-state index in [0.717, 1.165) is 0 Å². The SMILES string of the molecule is O=P(O)(O)O.[AlH3].[SiH4].[V]. The van der Waals surface area contributed by atoms with Gasteiger partial charge in [0.2, 0.25) is 0 Å². The fourth-order valence-electron chi connectivity index (χ4n) is 0. The second-order valence-electron chi connectivity index (χ2n) is 0.513. The first kappa shape index (κ1) is 22.7. The van der Waals surface area contributed by atoms with E-state index in [2.05, 4.69) is 0 Å². The Morgan fingerprint density at radius 2 is 1.12 bits per heavy atom. The summed E-state index contributed by atoms with van der Waals surface area (Å²) in [5.74, 6) is 0. The van der Waals surface area contributed by atoms with Crippen LogP contribution in [0.3, 0.4) is 0 Å². The molecule has 0 aromatic rings. The second-order valence-corrected chi connectivity index (χ2v) is 1.54. The van der Waals surface area contributed by atoms with Crippen LogP contribution in [-0.4, -0.2) is 43.0 Å². The summed E-state index contributed by atoms with van der Waals surface area (Å²) in [5, 5.41) is 0. The molecule has 51 valence electrons. The summed E-state index contributed by atoms with van der Waals surface area (Å²) in [7, 11) is -4.64. The van der Waals surface area contributed by atoms with Crippen LogP contribution in [0.15, 0.2) is 0 Å². The average Bonchev–Trinajstić information content (AvgIpc) is 0.722. The van der Waals surface area contributed by atoms with E-state index in [1.807, 2.05) is 0 Å². The van der Waals surface area contributed by atoms with Crippen LogP contribution in [0.2, 0.25) is 0 Å². The van der Waals surface area contributed by atoms with Gasteiger partial charge in [-0.3, -0.25) is 0 Å². The van der Waals surface area contributed by atoms with Crippen LogP contribution >= 0.6 is 7.82 Å². The third kappa shape index (κ3) is 148. The van der Waals surface area contributed by atoms with Crippen LogP contribution < -0.4 is 0 Å². The van der Waals surface area contributed by atoms with E-state index in [1.54, 1.807) is 0 Å². The Balaban J connectivity index is -0.0000000267. The first-order valence-electron chi connectivity index (χ1n) is 0.783. The fourth-order valence-corrected chi connectivity index (χ4v) is 0. The van der Waals surface area contributed by atoms with E-state index in [4.69, 9.17) is 19.2 Å². The van der Waals surface area contributed by atoms with Crippen molar-refractivity contribution in [1.29, 1.82) is 0 Å². The van der Waals surface area contributed by atoms with E-state index in [1.165, 1.54) is 0 Å². The molecule has 0 fully saturated rings. The molecule has 0 aliphatic carbocycles. The molecule has 0 unspecified atom stereocenters. The van der Waals surface area contributed by atoms with Crippen molar-refractivity contribution >= 4 is 36.1 Å². The smallest absolute Gasteiger partial charge is 0.303 e. The van der Waals surface area contributed by atoms with Gasteiger partial charge in [0.1, 0.15) is 0 Å². The second kappa shape index (κ2) is 8.44. The van der Waals surface area contributed by atoms with Gasteiger partial charge in [0.05, 0.1) is 0 Å². The van der Waals surface area contributed by atoms with Crippen LogP contribution in [0.5, 0.6) is 0 Å². The zero-order chi connectivity index (χ0) is 4.50. The molecule has 3 N–H and O–H groups in total. The molecule has 0 heterocycles. The number of hydrogen-bond acceptors (Lipinski definition) is 1. The molecule has 8 heavy (non-hydrogen) atoms. The van der Waals surface area contributed by atoms with E-state index < -0.39 is 7.82 Å². The Kier molecular flexibility index (Phi) is 24.0. The molecule has 0 rings (SSSR count). The van der Waals surface area contributed by atoms with Crippen molar-refractivity contribution in [1.82, 2.24) is 0 Å². The van der Waals surface area contributed by atoms with Crippen molar-refractivity contribution in [3.8, 4) is 0 Å². The van der Waals surface area contributed by atoms with Gasteiger partial charge >= 0.3 is 7.82 Å². The van der Waals surface area contributed by atoms with Crippen molar-refractivity contribution in [2.75, 3.05) is 0 Å². The van der Waals surface area contributed by atoms with E-state index in [9.17, 15) is 0 Å². The maximum absolute atomic E-state index is 8.88. The Bertz CT molecular complexity index is 62.2. The topological polar surface area (TPSA) is 77.8 Å². The summed E-state index contributed by atoms with van der Waals surface area (Å²) >= 11 is 0. The maximum Gasteiger partial charge on any atom is 0.466 e. The van der Waals surface area contributed by atoms with Gasteiger partial charge in [-0.05, 0) is 11.0 Å². The van der Waals surface area contributed by atoms with Gasteiger partial charge in [0, 0.05) is 18.6 Å². The average molecular weight is 211 g/mol. The van der Waals surface area contributed by atoms with E-state index in [0.29, 0.717) is 0 Å². The molecule has 0 saturated heterocycles. The van der Waals surface area contributed by atoms with Crippen LogP contribution in [0, 0.1) is 0 Å². The molecule has 8 heteroatoms. The van der Waals surface area contributed by atoms with Crippen LogP contribution in [-0.2, 0) is 23.1 Å². The molecule has 0 aliphatic rings. The molecular weight excluding hydrogens is 201 g/mol. The molecular formula is H10AlO4PSiV. The Hall–Kier alpha value is 1.44. The summed E-state index contributed by atoms with van der Waals surface area (Å²) in [6, 6.07) is 0. The fraction of sp³-hybridized carbons (Fsp3) is 0. The molecule has 0 bridgehead atoms. The largest absolute Gasteiger partial charge is 0.466 e. The number of hydrogen-bond donors (Lipinski definition) is 3. The number of rotatable bonds is 0.